The molecule has 1 aromatic rings. The molecule has 0 N–H and O–H groups in total. The molecule has 1 aromatic carbocycles. The molecule has 1 rings (SSSR count). The van der Waals surface area contributed by atoms with Gasteiger partial charge in [-0.05, 0) is 24.4 Å². The van der Waals surface area contributed by atoms with E-state index in [0.717, 1.165) is 5.56 Å². The van der Waals surface area contributed by atoms with Gasteiger partial charge in [-0.1, -0.05) is 29.3 Å². The summed E-state index contributed by atoms with van der Waals surface area (Å²) in [5, 5.41) is 3.48. The van der Waals surface area contributed by atoms with Crippen molar-refractivity contribution in [3.63, 3.8) is 0 Å². The second-order valence-electron chi connectivity index (χ2n) is 2.11. The molecule has 0 saturated carbocycles. The fourth-order valence-corrected chi connectivity index (χ4v) is 1.38. The SMILES string of the molecule is S=C=NCc1c(Cl)cccc1Cl. The minimum atomic E-state index is 0.391. The molecule has 0 aromatic heterocycles. The first-order valence-electron chi connectivity index (χ1n) is 3.22. The van der Waals surface area contributed by atoms with Crippen LogP contribution in [0.5, 0.6) is 0 Å². The Hall–Kier alpha value is -0.400. The molecule has 0 saturated heterocycles. The predicted octanol–water partition coefficient (Wildman–Crippen LogP) is 3.60. The molecule has 1 nitrogen and oxygen atoms in total. The van der Waals surface area contributed by atoms with Crippen LogP contribution in [-0.2, 0) is 6.54 Å². The van der Waals surface area contributed by atoms with Crippen LogP contribution >= 0.6 is 35.4 Å². The maximum absolute atomic E-state index is 5.86. The number of rotatable bonds is 2. The van der Waals surface area contributed by atoms with Gasteiger partial charge >= 0.3 is 0 Å². The standard InChI is InChI=1S/C8H5Cl2NS/c9-7-2-1-3-8(10)6(7)4-11-5-12/h1-3H,4H2. The first-order valence-corrected chi connectivity index (χ1v) is 4.38. The lowest BCUT2D eigenvalue weighted by molar-refractivity contribution is 1.08. The summed E-state index contributed by atoms with van der Waals surface area (Å²) < 4.78 is 0. The summed E-state index contributed by atoms with van der Waals surface area (Å²) >= 11 is 16.2. The molecular weight excluding hydrogens is 213 g/mol. The van der Waals surface area contributed by atoms with E-state index in [2.05, 4.69) is 22.4 Å². The number of isothiocyanates is 1. The van der Waals surface area contributed by atoms with E-state index >= 15 is 0 Å². The maximum atomic E-state index is 5.86. The van der Waals surface area contributed by atoms with Crippen LogP contribution in [0.25, 0.3) is 0 Å². The Morgan fingerprint density at radius 3 is 2.42 bits per heavy atom. The normalized spacial score (nSPS) is 9.17. The molecule has 0 bridgehead atoms. The van der Waals surface area contributed by atoms with Crippen LogP contribution in [0.4, 0.5) is 0 Å². The molecule has 0 heterocycles. The van der Waals surface area contributed by atoms with Gasteiger partial charge < -0.3 is 0 Å². The highest BCUT2D eigenvalue weighted by Crippen LogP contribution is 2.24. The van der Waals surface area contributed by atoms with Crippen molar-refractivity contribution in [3.8, 4) is 0 Å². The third-order valence-corrected chi connectivity index (χ3v) is 2.20. The van der Waals surface area contributed by atoms with Crippen LogP contribution in [0.1, 0.15) is 5.56 Å². The van der Waals surface area contributed by atoms with Crippen LogP contribution in [0.2, 0.25) is 10.0 Å². The first-order chi connectivity index (χ1) is 5.75. The number of halogens is 2. The van der Waals surface area contributed by atoms with E-state index < -0.39 is 0 Å². The fourth-order valence-electron chi connectivity index (χ4n) is 0.795. The Morgan fingerprint density at radius 1 is 1.33 bits per heavy atom. The number of hydrogen-bond acceptors (Lipinski definition) is 2. The summed E-state index contributed by atoms with van der Waals surface area (Å²) in [5.74, 6) is 0. The molecule has 0 unspecified atom stereocenters. The van der Waals surface area contributed by atoms with E-state index in [-0.39, 0.29) is 0 Å². The number of thiocarbonyl (C=S) groups is 1. The molecule has 0 spiro atoms. The molecule has 0 fully saturated rings. The molecular formula is C8H5Cl2NS. The van der Waals surface area contributed by atoms with Gasteiger partial charge in [0.05, 0.1) is 11.7 Å². The third kappa shape index (κ3) is 2.29. The number of benzene rings is 1. The van der Waals surface area contributed by atoms with Gasteiger partial charge in [-0.2, -0.15) is 0 Å². The molecule has 0 aliphatic carbocycles. The highest BCUT2D eigenvalue weighted by molar-refractivity contribution is 7.78. The molecule has 12 heavy (non-hydrogen) atoms. The third-order valence-electron chi connectivity index (χ3n) is 1.36. The highest BCUT2D eigenvalue weighted by Gasteiger charge is 2.02. The molecule has 0 aliphatic heterocycles. The van der Waals surface area contributed by atoms with Gasteiger partial charge in [0.15, 0.2) is 0 Å². The lowest BCUT2D eigenvalue weighted by Gasteiger charge is -2.01. The van der Waals surface area contributed by atoms with Crippen molar-refractivity contribution in [2.45, 2.75) is 6.54 Å². The zero-order valence-corrected chi connectivity index (χ0v) is 8.38. The quantitative estimate of drug-likeness (QED) is 0.545. The van der Waals surface area contributed by atoms with Gasteiger partial charge in [-0.25, -0.2) is 4.99 Å². The summed E-state index contributed by atoms with van der Waals surface area (Å²) in [5.41, 5.74) is 0.790. The smallest absolute Gasteiger partial charge is 0.0772 e. The van der Waals surface area contributed by atoms with E-state index in [4.69, 9.17) is 23.2 Å². The molecule has 0 radical (unpaired) electrons. The van der Waals surface area contributed by atoms with Gasteiger partial charge in [-0.15, -0.1) is 0 Å². The van der Waals surface area contributed by atoms with Crippen molar-refractivity contribution in [1.82, 2.24) is 0 Å². The van der Waals surface area contributed by atoms with Crippen LogP contribution in [0.15, 0.2) is 23.2 Å². The van der Waals surface area contributed by atoms with Crippen molar-refractivity contribution in [2.75, 3.05) is 0 Å². The zero-order valence-electron chi connectivity index (χ0n) is 6.05. The van der Waals surface area contributed by atoms with Gasteiger partial charge in [0.25, 0.3) is 0 Å². The summed E-state index contributed by atoms with van der Waals surface area (Å²) in [6.45, 7) is 0.391. The summed E-state index contributed by atoms with van der Waals surface area (Å²) in [7, 11) is 0. The zero-order chi connectivity index (χ0) is 8.97. The van der Waals surface area contributed by atoms with Crippen LogP contribution < -0.4 is 0 Å². The second-order valence-corrected chi connectivity index (χ2v) is 3.10. The Morgan fingerprint density at radius 2 is 1.92 bits per heavy atom. The fraction of sp³-hybridized carbons (Fsp3) is 0.125. The number of nitrogens with zero attached hydrogens (tertiary/aromatic N) is 1. The Kier molecular flexibility index (Phi) is 3.70. The van der Waals surface area contributed by atoms with E-state index in [1.807, 2.05) is 0 Å². The lowest BCUT2D eigenvalue weighted by Crippen LogP contribution is -1.84. The van der Waals surface area contributed by atoms with E-state index in [9.17, 15) is 0 Å². The Bertz CT molecular complexity index is 312. The molecule has 0 amide bonds. The molecule has 62 valence electrons. The van der Waals surface area contributed by atoms with Crippen LogP contribution in [0.3, 0.4) is 0 Å². The van der Waals surface area contributed by atoms with Crippen molar-refractivity contribution in [2.24, 2.45) is 4.99 Å². The van der Waals surface area contributed by atoms with Gasteiger partial charge in [0, 0.05) is 15.6 Å². The van der Waals surface area contributed by atoms with E-state index in [0.29, 0.717) is 16.6 Å². The van der Waals surface area contributed by atoms with E-state index in [1.54, 1.807) is 18.2 Å². The summed E-state index contributed by atoms with van der Waals surface area (Å²) in [6, 6.07) is 5.32. The van der Waals surface area contributed by atoms with E-state index in [1.165, 1.54) is 0 Å². The monoisotopic (exact) mass is 217 g/mol. The largest absolute Gasteiger partial charge is 0.228 e. The highest BCUT2D eigenvalue weighted by atomic mass is 35.5. The van der Waals surface area contributed by atoms with Crippen LogP contribution in [-0.4, -0.2) is 5.16 Å². The number of aliphatic imine (C=N–C) groups is 1. The average Bonchev–Trinajstić information content (AvgIpc) is 2.04. The Labute approximate surface area is 86.0 Å². The van der Waals surface area contributed by atoms with Gasteiger partial charge in [0.2, 0.25) is 0 Å². The van der Waals surface area contributed by atoms with Crippen molar-refractivity contribution in [3.05, 3.63) is 33.8 Å². The van der Waals surface area contributed by atoms with Crippen molar-refractivity contribution >= 4 is 40.6 Å². The summed E-state index contributed by atoms with van der Waals surface area (Å²) in [4.78, 5) is 3.76. The molecule has 0 atom stereocenters. The number of hydrogen-bond donors (Lipinski definition) is 0. The predicted molar refractivity (Wildman–Crippen MR) is 55.2 cm³/mol. The topological polar surface area (TPSA) is 12.4 Å². The second kappa shape index (κ2) is 4.58. The van der Waals surface area contributed by atoms with Crippen molar-refractivity contribution < 1.29 is 0 Å². The lowest BCUT2D eigenvalue weighted by atomic mass is 10.2. The molecule has 0 aliphatic rings. The van der Waals surface area contributed by atoms with Gasteiger partial charge in [0.1, 0.15) is 0 Å². The Balaban J connectivity index is 3.03. The average molecular weight is 218 g/mol. The maximum Gasteiger partial charge on any atom is 0.0772 e. The van der Waals surface area contributed by atoms with Crippen LogP contribution in [0, 0.1) is 0 Å². The molecule has 4 heteroatoms. The minimum absolute atomic E-state index is 0.391. The first kappa shape index (κ1) is 9.69. The summed E-state index contributed by atoms with van der Waals surface area (Å²) in [6.07, 6.45) is 0. The van der Waals surface area contributed by atoms with Gasteiger partial charge in [-0.3, -0.25) is 0 Å². The minimum Gasteiger partial charge on any atom is -0.228 e. The van der Waals surface area contributed by atoms with Crippen molar-refractivity contribution in [1.29, 1.82) is 0 Å².